The Morgan fingerprint density at radius 1 is 1.36 bits per heavy atom. The van der Waals surface area contributed by atoms with Gasteiger partial charge in [-0.05, 0) is 32.3 Å². The summed E-state index contributed by atoms with van der Waals surface area (Å²) in [5.74, 6) is 0.952. The predicted octanol–water partition coefficient (Wildman–Crippen LogP) is 3.19. The molecule has 22 heavy (non-hydrogen) atoms. The van der Waals surface area contributed by atoms with E-state index in [1.54, 1.807) is 0 Å². The average molecular weight is 417 g/mol. The lowest BCUT2D eigenvalue weighted by Crippen LogP contribution is -2.39. The van der Waals surface area contributed by atoms with Gasteiger partial charge in [0.2, 0.25) is 0 Å². The van der Waals surface area contributed by atoms with Gasteiger partial charge in [-0.15, -0.1) is 24.0 Å². The highest BCUT2D eigenvalue weighted by Crippen LogP contribution is 2.12. The highest BCUT2D eigenvalue weighted by Gasteiger charge is 2.15. The fourth-order valence-corrected chi connectivity index (χ4v) is 2.49. The number of guanidine groups is 1. The molecule has 0 bridgehead atoms. The minimum Gasteiger partial charge on any atom is -0.376 e. The summed E-state index contributed by atoms with van der Waals surface area (Å²) in [6, 6.07) is 8.66. The number of benzene rings is 1. The van der Waals surface area contributed by atoms with Crippen LogP contribution in [0.1, 0.15) is 30.9 Å². The molecule has 2 rings (SSSR count). The van der Waals surface area contributed by atoms with Crippen molar-refractivity contribution in [2.24, 2.45) is 4.99 Å². The second-order valence-electron chi connectivity index (χ2n) is 5.67. The number of rotatable bonds is 5. The lowest BCUT2D eigenvalue weighted by molar-refractivity contribution is 0.117. The van der Waals surface area contributed by atoms with Gasteiger partial charge in [-0.25, -0.2) is 0 Å². The van der Waals surface area contributed by atoms with Gasteiger partial charge >= 0.3 is 0 Å². The van der Waals surface area contributed by atoms with Gasteiger partial charge in [-0.1, -0.05) is 29.8 Å². The van der Waals surface area contributed by atoms with E-state index < -0.39 is 0 Å². The van der Waals surface area contributed by atoms with E-state index in [2.05, 4.69) is 55.4 Å². The first-order chi connectivity index (χ1) is 10.2. The van der Waals surface area contributed by atoms with Gasteiger partial charge in [0, 0.05) is 26.7 Å². The predicted molar refractivity (Wildman–Crippen MR) is 103 cm³/mol. The Balaban J connectivity index is 0.00000242. The number of ether oxygens (including phenoxy) is 1. The molecule has 1 aromatic carbocycles. The van der Waals surface area contributed by atoms with E-state index in [1.165, 1.54) is 11.1 Å². The van der Waals surface area contributed by atoms with Crippen LogP contribution in [0.25, 0.3) is 0 Å². The first-order valence-electron chi connectivity index (χ1n) is 7.85. The van der Waals surface area contributed by atoms with Crippen LogP contribution in [0.5, 0.6) is 0 Å². The summed E-state index contributed by atoms with van der Waals surface area (Å²) in [6.45, 7) is 7.58. The number of nitrogens with zero attached hydrogens (tertiary/aromatic N) is 2. The van der Waals surface area contributed by atoms with E-state index in [1.807, 2.05) is 0 Å². The molecule has 1 atom stereocenters. The highest BCUT2D eigenvalue weighted by atomic mass is 127. The summed E-state index contributed by atoms with van der Waals surface area (Å²) >= 11 is 0. The smallest absolute Gasteiger partial charge is 0.194 e. The van der Waals surface area contributed by atoms with Crippen molar-refractivity contribution in [2.75, 3.05) is 26.7 Å². The third kappa shape index (κ3) is 6.12. The van der Waals surface area contributed by atoms with Crippen molar-refractivity contribution < 1.29 is 4.74 Å². The summed E-state index contributed by atoms with van der Waals surface area (Å²) in [4.78, 5) is 6.89. The van der Waals surface area contributed by atoms with E-state index in [-0.39, 0.29) is 24.0 Å². The van der Waals surface area contributed by atoms with Crippen molar-refractivity contribution in [3.05, 3.63) is 35.4 Å². The van der Waals surface area contributed by atoms with Crippen molar-refractivity contribution in [1.82, 2.24) is 10.2 Å². The third-order valence-corrected chi connectivity index (χ3v) is 3.71. The molecule has 1 aliphatic heterocycles. The van der Waals surface area contributed by atoms with Crippen molar-refractivity contribution in [3.8, 4) is 0 Å². The Morgan fingerprint density at radius 2 is 2.09 bits per heavy atom. The molecule has 1 aromatic rings. The molecule has 1 fully saturated rings. The number of aryl methyl sites for hydroxylation is 1. The Labute approximate surface area is 151 Å². The van der Waals surface area contributed by atoms with E-state index in [4.69, 9.17) is 9.73 Å². The lowest BCUT2D eigenvalue weighted by atomic mass is 10.1. The van der Waals surface area contributed by atoms with Gasteiger partial charge in [0.1, 0.15) is 0 Å². The number of aliphatic imine (C=N–C) groups is 1. The summed E-state index contributed by atoms with van der Waals surface area (Å²) < 4.78 is 5.64. The SMILES string of the molecule is CCNC(=NCC1CCCO1)N(C)Cc1ccc(C)cc1.I. The Hall–Kier alpha value is -0.820. The molecule has 4 nitrogen and oxygen atoms in total. The Kier molecular flexibility index (Phi) is 8.78. The molecule has 0 radical (unpaired) electrons. The second kappa shape index (κ2) is 10.0. The molecule has 1 unspecified atom stereocenters. The van der Waals surface area contributed by atoms with Crippen LogP contribution in [0, 0.1) is 6.92 Å². The summed E-state index contributed by atoms with van der Waals surface area (Å²) in [7, 11) is 2.08. The van der Waals surface area contributed by atoms with Crippen molar-refractivity contribution >= 4 is 29.9 Å². The third-order valence-electron chi connectivity index (χ3n) is 3.71. The molecule has 1 saturated heterocycles. The van der Waals surface area contributed by atoms with Crippen LogP contribution in [0.2, 0.25) is 0 Å². The fraction of sp³-hybridized carbons (Fsp3) is 0.588. The maximum atomic E-state index is 5.64. The van der Waals surface area contributed by atoms with Gasteiger partial charge in [0.15, 0.2) is 5.96 Å². The zero-order chi connectivity index (χ0) is 15.1. The van der Waals surface area contributed by atoms with Crippen LogP contribution < -0.4 is 5.32 Å². The maximum Gasteiger partial charge on any atom is 0.194 e. The van der Waals surface area contributed by atoms with Gasteiger partial charge < -0.3 is 15.0 Å². The standard InChI is InChI=1S/C17H27N3O.HI/c1-4-18-17(19-12-16-6-5-11-21-16)20(3)13-15-9-7-14(2)8-10-15;/h7-10,16H,4-6,11-13H2,1-3H3,(H,18,19);1H. The molecular weight excluding hydrogens is 389 g/mol. The Bertz CT molecular complexity index is 455. The van der Waals surface area contributed by atoms with Gasteiger partial charge in [0.25, 0.3) is 0 Å². The van der Waals surface area contributed by atoms with Crippen molar-refractivity contribution in [2.45, 2.75) is 39.3 Å². The molecule has 1 heterocycles. The quantitative estimate of drug-likeness (QED) is 0.454. The van der Waals surface area contributed by atoms with Crippen LogP contribution in [0.15, 0.2) is 29.3 Å². The highest BCUT2D eigenvalue weighted by molar-refractivity contribution is 14.0. The fourth-order valence-electron chi connectivity index (χ4n) is 2.49. The molecule has 1 aliphatic rings. The van der Waals surface area contributed by atoms with E-state index in [9.17, 15) is 0 Å². The number of hydrogen-bond donors (Lipinski definition) is 1. The Morgan fingerprint density at radius 3 is 2.68 bits per heavy atom. The molecule has 0 aromatic heterocycles. The largest absolute Gasteiger partial charge is 0.376 e. The lowest BCUT2D eigenvalue weighted by Gasteiger charge is -2.22. The summed E-state index contributed by atoms with van der Waals surface area (Å²) in [6.07, 6.45) is 2.59. The summed E-state index contributed by atoms with van der Waals surface area (Å²) in [5, 5.41) is 3.36. The maximum absolute atomic E-state index is 5.64. The normalized spacial score (nSPS) is 18.0. The average Bonchev–Trinajstić information content (AvgIpc) is 2.99. The molecule has 0 aliphatic carbocycles. The van der Waals surface area contributed by atoms with Crippen molar-refractivity contribution in [3.63, 3.8) is 0 Å². The molecule has 0 saturated carbocycles. The van der Waals surface area contributed by atoms with Gasteiger partial charge in [-0.2, -0.15) is 0 Å². The zero-order valence-electron chi connectivity index (χ0n) is 13.8. The van der Waals surface area contributed by atoms with Crippen LogP contribution in [-0.4, -0.2) is 43.7 Å². The second-order valence-corrected chi connectivity index (χ2v) is 5.67. The molecule has 5 heteroatoms. The molecular formula is C17H28IN3O. The summed E-state index contributed by atoms with van der Waals surface area (Å²) in [5.41, 5.74) is 2.59. The molecule has 124 valence electrons. The topological polar surface area (TPSA) is 36.9 Å². The van der Waals surface area contributed by atoms with E-state index >= 15 is 0 Å². The van der Waals surface area contributed by atoms with Crippen LogP contribution in [0.4, 0.5) is 0 Å². The van der Waals surface area contributed by atoms with Crippen LogP contribution >= 0.6 is 24.0 Å². The first kappa shape index (κ1) is 19.2. The first-order valence-corrected chi connectivity index (χ1v) is 7.85. The minimum absolute atomic E-state index is 0. The van der Waals surface area contributed by atoms with Gasteiger partial charge in [-0.3, -0.25) is 4.99 Å². The van der Waals surface area contributed by atoms with E-state index in [0.29, 0.717) is 6.10 Å². The zero-order valence-corrected chi connectivity index (χ0v) is 16.2. The van der Waals surface area contributed by atoms with Gasteiger partial charge in [0.05, 0.1) is 12.6 Å². The van der Waals surface area contributed by atoms with E-state index in [0.717, 1.165) is 45.0 Å². The molecule has 0 spiro atoms. The van der Waals surface area contributed by atoms with Crippen LogP contribution in [0.3, 0.4) is 0 Å². The number of nitrogens with one attached hydrogen (secondary N) is 1. The van der Waals surface area contributed by atoms with Crippen LogP contribution in [-0.2, 0) is 11.3 Å². The number of hydrogen-bond acceptors (Lipinski definition) is 2. The van der Waals surface area contributed by atoms with Crippen molar-refractivity contribution in [1.29, 1.82) is 0 Å². The molecule has 0 amide bonds. The minimum atomic E-state index is 0. The monoisotopic (exact) mass is 417 g/mol. The number of halogens is 1. The molecule has 1 N–H and O–H groups in total.